The Hall–Kier alpha value is -4.88. The summed E-state index contributed by atoms with van der Waals surface area (Å²) in [4.78, 5) is 29.5. The van der Waals surface area contributed by atoms with Crippen LogP contribution in [0.4, 0.5) is 11.4 Å². The zero-order valence-corrected chi connectivity index (χ0v) is 25.2. The summed E-state index contributed by atoms with van der Waals surface area (Å²) in [7, 11) is 1.62. The molecule has 0 spiro atoms. The van der Waals surface area contributed by atoms with E-state index in [9.17, 15) is 9.59 Å². The number of nitrogens with zero attached hydrogens (tertiary/aromatic N) is 1. The highest BCUT2D eigenvalue weighted by Crippen LogP contribution is 2.38. The number of anilines is 2. The average molecular weight is 587 g/mol. The van der Waals surface area contributed by atoms with E-state index in [0.717, 1.165) is 42.2 Å². The summed E-state index contributed by atoms with van der Waals surface area (Å²) >= 11 is 0. The van der Waals surface area contributed by atoms with Gasteiger partial charge in [-0.3, -0.25) is 14.5 Å². The van der Waals surface area contributed by atoms with E-state index in [1.807, 2.05) is 67.6 Å². The third kappa shape index (κ3) is 6.53. The fourth-order valence-corrected chi connectivity index (χ4v) is 5.98. The first kappa shape index (κ1) is 29.2. The molecule has 0 unspecified atom stereocenters. The van der Waals surface area contributed by atoms with E-state index in [1.165, 1.54) is 24.8 Å². The lowest BCUT2D eigenvalue weighted by Gasteiger charge is -2.26. The summed E-state index contributed by atoms with van der Waals surface area (Å²) < 4.78 is 5.34. The lowest BCUT2D eigenvalue weighted by Crippen LogP contribution is -2.29. The minimum Gasteiger partial charge on any atom is -0.497 e. The van der Waals surface area contributed by atoms with Gasteiger partial charge in [0.15, 0.2) is 0 Å². The number of piperidine rings is 1. The molecule has 1 saturated heterocycles. The molecule has 3 N–H and O–H groups in total. The molecule has 44 heavy (non-hydrogen) atoms. The van der Waals surface area contributed by atoms with E-state index in [0.29, 0.717) is 28.1 Å². The van der Waals surface area contributed by atoms with Crippen molar-refractivity contribution in [3.8, 4) is 5.75 Å². The number of amides is 2. The standard InChI is InChI=1S/C37H38N4O3/c1-25(28-14-10-16-31(22-28)44-2)38-36(42)29-17-18-33-32(23-29)34(37(43)40-33)35(27-12-5-3-6-13-27)39-30-15-9-11-26(21-30)24-41-19-7-4-8-20-41/h3,5-6,9-18,21-23,25,39H,4,7-8,19-20,24H2,1-2H3,(H,38,42)(H,40,43)/b35-34-/t25-/m1/s1. The molecule has 0 saturated carbocycles. The molecule has 0 radical (unpaired) electrons. The highest BCUT2D eigenvalue weighted by atomic mass is 16.5. The molecule has 0 bridgehead atoms. The van der Waals surface area contributed by atoms with Crippen molar-refractivity contribution in [2.24, 2.45) is 0 Å². The van der Waals surface area contributed by atoms with Crippen molar-refractivity contribution in [2.75, 3.05) is 30.8 Å². The van der Waals surface area contributed by atoms with Crippen molar-refractivity contribution < 1.29 is 14.3 Å². The van der Waals surface area contributed by atoms with E-state index >= 15 is 0 Å². The summed E-state index contributed by atoms with van der Waals surface area (Å²) in [5.41, 5.74) is 7.00. The van der Waals surface area contributed by atoms with Crippen LogP contribution in [0.5, 0.6) is 5.75 Å². The van der Waals surface area contributed by atoms with Gasteiger partial charge in [0, 0.05) is 29.0 Å². The Kier molecular flexibility index (Phi) is 8.75. The van der Waals surface area contributed by atoms with Gasteiger partial charge in [-0.05, 0) is 92.0 Å². The topological polar surface area (TPSA) is 82.7 Å². The van der Waals surface area contributed by atoms with Crippen molar-refractivity contribution in [2.45, 2.75) is 38.8 Å². The number of ether oxygens (including phenoxy) is 1. The van der Waals surface area contributed by atoms with Gasteiger partial charge >= 0.3 is 0 Å². The number of rotatable bonds is 9. The maximum atomic E-state index is 13.5. The van der Waals surface area contributed by atoms with Gasteiger partial charge < -0.3 is 20.7 Å². The lowest BCUT2D eigenvalue weighted by molar-refractivity contribution is -0.110. The molecule has 2 amide bonds. The van der Waals surface area contributed by atoms with Crippen LogP contribution in [-0.2, 0) is 11.3 Å². The zero-order valence-electron chi connectivity index (χ0n) is 25.2. The molecule has 4 aromatic rings. The van der Waals surface area contributed by atoms with Crippen molar-refractivity contribution >= 4 is 34.5 Å². The van der Waals surface area contributed by atoms with Crippen LogP contribution in [0.1, 0.15) is 64.8 Å². The second kappa shape index (κ2) is 13.2. The number of carbonyl (C=O) groups excluding carboxylic acids is 2. The molecule has 2 heterocycles. The largest absolute Gasteiger partial charge is 0.497 e. The van der Waals surface area contributed by atoms with E-state index in [2.05, 4.69) is 39.0 Å². The van der Waals surface area contributed by atoms with Crippen molar-refractivity contribution in [3.05, 3.63) is 125 Å². The average Bonchev–Trinajstić information content (AvgIpc) is 3.39. The fraction of sp³-hybridized carbons (Fsp3) is 0.243. The Morgan fingerprint density at radius 2 is 1.68 bits per heavy atom. The molecule has 1 fully saturated rings. The molecule has 4 aromatic carbocycles. The van der Waals surface area contributed by atoms with Gasteiger partial charge in [0.05, 0.1) is 24.4 Å². The molecule has 2 aliphatic rings. The Morgan fingerprint density at radius 3 is 2.48 bits per heavy atom. The zero-order chi connectivity index (χ0) is 30.5. The van der Waals surface area contributed by atoms with Gasteiger partial charge in [0.2, 0.25) is 0 Å². The van der Waals surface area contributed by atoms with Crippen LogP contribution >= 0.6 is 0 Å². The maximum absolute atomic E-state index is 13.5. The Labute approximate surface area is 258 Å². The van der Waals surface area contributed by atoms with Gasteiger partial charge in [0.25, 0.3) is 11.8 Å². The van der Waals surface area contributed by atoms with Crippen molar-refractivity contribution in [1.29, 1.82) is 0 Å². The Bertz CT molecular complexity index is 1690. The van der Waals surface area contributed by atoms with Gasteiger partial charge in [0.1, 0.15) is 5.75 Å². The normalized spacial score (nSPS) is 16.5. The van der Waals surface area contributed by atoms with Gasteiger partial charge in [-0.25, -0.2) is 0 Å². The molecule has 0 aromatic heterocycles. The highest BCUT2D eigenvalue weighted by Gasteiger charge is 2.30. The number of likely N-dealkylation sites (tertiary alicyclic amines) is 1. The quantitative estimate of drug-likeness (QED) is 0.182. The third-order valence-corrected chi connectivity index (χ3v) is 8.33. The number of fused-ring (bicyclic) bond motifs is 1. The van der Waals surface area contributed by atoms with E-state index in [-0.39, 0.29) is 17.9 Å². The molecular weight excluding hydrogens is 548 g/mol. The van der Waals surface area contributed by atoms with Gasteiger partial charge in [-0.1, -0.05) is 61.0 Å². The van der Waals surface area contributed by atoms with Crippen LogP contribution in [0.2, 0.25) is 0 Å². The predicted molar refractivity (Wildman–Crippen MR) is 176 cm³/mol. The molecule has 7 nitrogen and oxygen atoms in total. The number of benzene rings is 4. The van der Waals surface area contributed by atoms with Gasteiger partial charge in [-0.2, -0.15) is 0 Å². The first-order chi connectivity index (χ1) is 21.5. The second-order valence-corrected chi connectivity index (χ2v) is 11.5. The molecule has 224 valence electrons. The number of hydrogen-bond donors (Lipinski definition) is 3. The van der Waals surface area contributed by atoms with Crippen molar-refractivity contribution in [3.63, 3.8) is 0 Å². The van der Waals surface area contributed by atoms with Crippen LogP contribution in [0.3, 0.4) is 0 Å². The van der Waals surface area contributed by atoms with E-state index < -0.39 is 0 Å². The second-order valence-electron chi connectivity index (χ2n) is 11.5. The fourth-order valence-electron chi connectivity index (χ4n) is 5.98. The van der Waals surface area contributed by atoms with Gasteiger partial charge in [-0.15, -0.1) is 0 Å². The molecular formula is C37H38N4O3. The lowest BCUT2D eigenvalue weighted by atomic mass is 9.98. The number of nitrogens with one attached hydrogen (secondary N) is 3. The molecule has 6 rings (SSSR count). The molecule has 1 atom stereocenters. The first-order valence-corrected chi connectivity index (χ1v) is 15.3. The molecule has 7 heteroatoms. The summed E-state index contributed by atoms with van der Waals surface area (Å²) in [6, 6.07) is 31.0. The number of methoxy groups -OCH3 is 1. The smallest absolute Gasteiger partial charge is 0.258 e. The molecule has 2 aliphatic heterocycles. The highest BCUT2D eigenvalue weighted by molar-refractivity contribution is 6.37. The van der Waals surface area contributed by atoms with Crippen LogP contribution < -0.4 is 20.7 Å². The van der Waals surface area contributed by atoms with E-state index in [1.54, 1.807) is 25.3 Å². The summed E-state index contributed by atoms with van der Waals surface area (Å²) in [5.74, 6) is 0.304. The van der Waals surface area contributed by atoms with Crippen LogP contribution in [0, 0.1) is 0 Å². The third-order valence-electron chi connectivity index (χ3n) is 8.33. The number of carbonyl (C=O) groups is 2. The van der Waals surface area contributed by atoms with Crippen LogP contribution in [0.15, 0.2) is 97.1 Å². The van der Waals surface area contributed by atoms with Crippen LogP contribution in [-0.4, -0.2) is 36.9 Å². The first-order valence-electron chi connectivity index (χ1n) is 15.3. The predicted octanol–water partition coefficient (Wildman–Crippen LogP) is 7.10. The number of hydrogen-bond acceptors (Lipinski definition) is 5. The summed E-state index contributed by atoms with van der Waals surface area (Å²) in [6.45, 7) is 5.10. The van der Waals surface area contributed by atoms with Crippen molar-refractivity contribution in [1.82, 2.24) is 10.2 Å². The minimum atomic E-state index is -0.237. The monoisotopic (exact) mass is 586 g/mol. The summed E-state index contributed by atoms with van der Waals surface area (Å²) in [5, 5.41) is 9.68. The maximum Gasteiger partial charge on any atom is 0.258 e. The minimum absolute atomic E-state index is 0.210. The molecule has 0 aliphatic carbocycles. The SMILES string of the molecule is COc1cccc([C@@H](C)NC(=O)c2ccc3c(c2)/C(=C(/Nc2cccc(CN4CCCCC4)c2)c2ccccc2)C(=O)N3)c1. The van der Waals surface area contributed by atoms with E-state index in [4.69, 9.17) is 4.74 Å². The Morgan fingerprint density at radius 1 is 0.886 bits per heavy atom. The van der Waals surface area contributed by atoms with Crippen LogP contribution in [0.25, 0.3) is 11.3 Å². The summed E-state index contributed by atoms with van der Waals surface area (Å²) in [6.07, 6.45) is 3.80. The Balaban J connectivity index is 1.32.